The number of carbonyl (C=O) groups excluding carboxylic acids is 2. The Labute approximate surface area is 149 Å². The molecule has 0 spiro atoms. The summed E-state index contributed by atoms with van der Waals surface area (Å²) in [4.78, 5) is 35.0. The number of carbonyl (C=O) groups is 3. The monoisotopic (exact) mass is 359 g/mol. The number of carboxylic acid groups (broad SMARTS) is 1. The van der Waals surface area contributed by atoms with Gasteiger partial charge in [-0.05, 0) is 5.56 Å². The zero-order chi connectivity index (χ0) is 18.1. The molecule has 2 N–H and O–H groups in total. The van der Waals surface area contributed by atoms with Crippen LogP contribution >= 0.6 is 11.8 Å². The van der Waals surface area contributed by atoms with Gasteiger partial charge in [-0.15, -0.1) is 0 Å². The molecular weight excluding hydrogens is 342 g/mol. The molecule has 2 aromatic carbocycles. The van der Waals surface area contributed by atoms with Crippen LogP contribution in [0.3, 0.4) is 0 Å². The van der Waals surface area contributed by atoms with Crippen LogP contribution in [0.1, 0.15) is 15.9 Å². The van der Waals surface area contributed by atoms with Crippen LogP contribution in [0.2, 0.25) is 0 Å². The molecule has 0 saturated carbocycles. The van der Waals surface area contributed by atoms with Gasteiger partial charge in [0, 0.05) is 11.3 Å². The summed E-state index contributed by atoms with van der Waals surface area (Å²) in [6.07, 6.45) is -0.844. The number of hydrogen-bond acceptors (Lipinski definition) is 5. The summed E-state index contributed by atoms with van der Waals surface area (Å²) >= 11 is 0.832. The van der Waals surface area contributed by atoms with Crippen LogP contribution in [0.25, 0.3) is 0 Å². The SMILES string of the molecule is O=C(N[C@@H](CSC(=O)c1ccccc1)C(=O)O)OCc1ccccc1. The van der Waals surface area contributed by atoms with Gasteiger partial charge in [0.25, 0.3) is 0 Å². The lowest BCUT2D eigenvalue weighted by atomic mass is 10.2. The molecule has 0 unspecified atom stereocenters. The van der Waals surface area contributed by atoms with Crippen LogP contribution in [-0.4, -0.2) is 34.1 Å². The van der Waals surface area contributed by atoms with Gasteiger partial charge < -0.3 is 15.2 Å². The van der Waals surface area contributed by atoms with E-state index < -0.39 is 18.1 Å². The van der Waals surface area contributed by atoms with Gasteiger partial charge >= 0.3 is 12.1 Å². The number of thioether (sulfide) groups is 1. The zero-order valence-electron chi connectivity index (χ0n) is 13.3. The van der Waals surface area contributed by atoms with Crippen molar-refractivity contribution in [1.29, 1.82) is 0 Å². The average Bonchev–Trinajstić information content (AvgIpc) is 2.64. The van der Waals surface area contributed by atoms with Gasteiger partial charge in [0.1, 0.15) is 12.6 Å². The molecule has 0 aliphatic carbocycles. The summed E-state index contributed by atoms with van der Waals surface area (Å²) < 4.78 is 4.99. The number of carboxylic acids is 1. The Morgan fingerprint density at radius 1 is 1.00 bits per heavy atom. The van der Waals surface area contributed by atoms with E-state index in [0.29, 0.717) is 5.56 Å². The van der Waals surface area contributed by atoms with Gasteiger partial charge in [-0.1, -0.05) is 72.4 Å². The molecule has 0 radical (unpaired) electrons. The second-order valence-electron chi connectivity index (χ2n) is 5.06. The van der Waals surface area contributed by atoms with Gasteiger partial charge in [-0.2, -0.15) is 0 Å². The van der Waals surface area contributed by atoms with Crippen LogP contribution in [-0.2, 0) is 16.1 Å². The quantitative estimate of drug-likeness (QED) is 0.790. The molecule has 6 nitrogen and oxygen atoms in total. The molecule has 7 heteroatoms. The van der Waals surface area contributed by atoms with Crippen molar-refractivity contribution in [2.45, 2.75) is 12.6 Å². The lowest BCUT2D eigenvalue weighted by molar-refractivity contribution is -0.138. The second-order valence-corrected chi connectivity index (χ2v) is 6.05. The minimum atomic E-state index is -1.23. The van der Waals surface area contributed by atoms with E-state index in [9.17, 15) is 19.5 Å². The van der Waals surface area contributed by atoms with Crippen molar-refractivity contribution in [3.63, 3.8) is 0 Å². The second kappa shape index (κ2) is 9.48. The Morgan fingerprint density at radius 3 is 2.20 bits per heavy atom. The molecule has 2 aromatic rings. The Bertz CT molecular complexity index is 721. The highest BCUT2D eigenvalue weighted by molar-refractivity contribution is 8.14. The molecule has 1 amide bonds. The van der Waals surface area contributed by atoms with Crippen molar-refractivity contribution >= 4 is 28.9 Å². The van der Waals surface area contributed by atoms with Crippen molar-refractivity contribution in [2.75, 3.05) is 5.75 Å². The van der Waals surface area contributed by atoms with E-state index in [1.54, 1.807) is 42.5 Å². The predicted octanol–water partition coefficient (Wildman–Crippen LogP) is 2.94. The topological polar surface area (TPSA) is 92.7 Å². The van der Waals surface area contributed by atoms with E-state index >= 15 is 0 Å². The van der Waals surface area contributed by atoms with E-state index in [4.69, 9.17) is 4.74 Å². The maximum atomic E-state index is 12.0. The molecule has 0 fully saturated rings. The molecule has 0 aliphatic rings. The highest BCUT2D eigenvalue weighted by Crippen LogP contribution is 2.13. The highest BCUT2D eigenvalue weighted by atomic mass is 32.2. The molecule has 0 saturated heterocycles. The maximum Gasteiger partial charge on any atom is 0.408 e. The van der Waals surface area contributed by atoms with Gasteiger partial charge in [0.05, 0.1) is 0 Å². The van der Waals surface area contributed by atoms with E-state index in [1.165, 1.54) is 0 Å². The number of benzene rings is 2. The lowest BCUT2D eigenvalue weighted by Crippen LogP contribution is -2.43. The van der Waals surface area contributed by atoms with Crippen LogP contribution in [0.5, 0.6) is 0 Å². The van der Waals surface area contributed by atoms with Gasteiger partial charge in [0.15, 0.2) is 0 Å². The number of amides is 1. The molecule has 0 aliphatic heterocycles. The predicted molar refractivity (Wildman–Crippen MR) is 94.4 cm³/mol. The van der Waals surface area contributed by atoms with E-state index in [-0.39, 0.29) is 17.5 Å². The number of rotatable bonds is 7. The van der Waals surface area contributed by atoms with Crippen LogP contribution in [0.15, 0.2) is 60.7 Å². The summed E-state index contributed by atoms with van der Waals surface area (Å²) in [5.41, 5.74) is 1.27. The number of alkyl carbamates (subject to hydrolysis) is 1. The number of aliphatic carboxylic acids is 1. The summed E-state index contributed by atoms with van der Waals surface area (Å²) in [6, 6.07) is 16.3. The van der Waals surface area contributed by atoms with Gasteiger partial charge in [0.2, 0.25) is 5.12 Å². The number of nitrogens with one attached hydrogen (secondary N) is 1. The Morgan fingerprint density at radius 2 is 1.60 bits per heavy atom. The smallest absolute Gasteiger partial charge is 0.408 e. The fraction of sp³-hybridized carbons (Fsp3) is 0.167. The highest BCUT2D eigenvalue weighted by Gasteiger charge is 2.22. The molecule has 25 heavy (non-hydrogen) atoms. The molecule has 1 atom stereocenters. The normalized spacial score (nSPS) is 11.4. The van der Waals surface area contributed by atoms with Crippen molar-refractivity contribution in [2.24, 2.45) is 0 Å². The maximum absolute atomic E-state index is 12.0. The average molecular weight is 359 g/mol. The molecule has 2 rings (SSSR count). The largest absolute Gasteiger partial charge is 0.480 e. The van der Waals surface area contributed by atoms with Crippen LogP contribution < -0.4 is 5.32 Å². The first-order chi connectivity index (χ1) is 12.1. The number of ether oxygens (including phenoxy) is 1. The van der Waals surface area contributed by atoms with Gasteiger partial charge in [-0.3, -0.25) is 4.79 Å². The van der Waals surface area contributed by atoms with Gasteiger partial charge in [-0.25, -0.2) is 9.59 Å². The summed E-state index contributed by atoms with van der Waals surface area (Å²) in [5, 5.41) is 11.2. The minimum Gasteiger partial charge on any atom is -0.480 e. The lowest BCUT2D eigenvalue weighted by Gasteiger charge is -2.14. The minimum absolute atomic E-state index is 0.0368. The van der Waals surface area contributed by atoms with Crippen molar-refractivity contribution in [3.8, 4) is 0 Å². The molecular formula is C18H17NO5S. The molecule has 0 bridgehead atoms. The summed E-state index contributed by atoms with van der Waals surface area (Å²) in [7, 11) is 0. The Kier molecular flexibility index (Phi) is 7.03. The number of hydrogen-bond donors (Lipinski definition) is 2. The Balaban J connectivity index is 1.82. The van der Waals surface area contributed by atoms with Crippen LogP contribution in [0, 0.1) is 0 Å². The fourth-order valence-electron chi connectivity index (χ4n) is 1.90. The van der Waals surface area contributed by atoms with Crippen LogP contribution in [0.4, 0.5) is 4.79 Å². The Hall–Kier alpha value is -2.80. The van der Waals surface area contributed by atoms with E-state index in [1.807, 2.05) is 18.2 Å². The summed E-state index contributed by atoms with van der Waals surface area (Å²) in [6.45, 7) is 0.0368. The third kappa shape index (κ3) is 6.31. The molecule has 0 heterocycles. The van der Waals surface area contributed by atoms with Crippen molar-refractivity contribution in [1.82, 2.24) is 5.32 Å². The van der Waals surface area contributed by atoms with Crippen molar-refractivity contribution < 1.29 is 24.2 Å². The van der Waals surface area contributed by atoms with E-state index in [0.717, 1.165) is 17.3 Å². The standard InChI is InChI=1S/C18H17NO5S/c20-16(21)15(12-25-17(22)14-9-5-2-6-10-14)19-18(23)24-11-13-7-3-1-4-8-13/h1-10,15H,11-12H2,(H,19,23)(H,20,21)/t15-/m0/s1. The first kappa shape index (κ1) is 18.5. The first-order valence-electron chi connectivity index (χ1n) is 7.48. The van der Waals surface area contributed by atoms with E-state index in [2.05, 4.69) is 5.32 Å². The molecule has 0 aromatic heterocycles. The summed E-state index contributed by atoms with van der Waals surface area (Å²) in [5.74, 6) is -1.33. The first-order valence-corrected chi connectivity index (χ1v) is 8.47. The van der Waals surface area contributed by atoms with Crippen molar-refractivity contribution in [3.05, 3.63) is 71.8 Å². The molecule has 130 valence electrons. The third-order valence-electron chi connectivity index (χ3n) is 3.19. The zero-order valence-corrected chi connectivity index (χ0v) is 14.1. The third-order valence-corrected chi connectivity index (χ3v) is 4.19. The fourth-order valence-corrected chi connectivity index (χ4v) is 2.75.